The zero-order valence-corrected chi connectivity index (χ0v) is 14.3. The van der Waals surface area contributed by atoms with E-state index < -0.39 is 0 Å². The number of halogens is 1. The topological polar surface area (TPSA) is 82.0 Å². The van der Waals surface area contributed by atoms with Crippen LogP contribution in [0.4, 0.5) is 0 Å². The summed E-state index contributed by atoms with van der Waals surface area (Å²) in [7, 11) is 1.84. The molecule has 0 aliphatic carbocycles. The van der Waals surface area contributed by atoms with Crippen molar-refractivity contribution >= 4 is 12.4 Å². The number of phenols is 2. The third-order valence-electron chi connectivity index (χ3n) is 4.06. The lowest BCUT2D eigenvalue weighted by Gasteiger charge is -2.44. The van der Waals surface area contributed by atoms with Gasteiger partial charge in [0.25, 0.3) is 0 Å². The number of rotatable bonds is 3. The third-order valence-corrected chi connectivity index (χ3v) is 4.06. The minimum Gasteiger partial charge on any atom is -0.504 e. The molecule has 1 heterocycles. The molecule has 1 aromatic rings. The molecular formula is C16H26ClNO4. The molecule has 4 N–H and O–H groups in total. The van der Waals surface area contributed by atoms with Crippen LogP contribution in [0.3, 0.4) is 0 Å². The summed E-state index contributed by atoms with van der Waals surface area (Å²) in [4.78, 5) is 0. The zero-order chi connectivity index (χ0) is 15.8. The maximum Gasteiger partial charge on any atom is 0.161 e. The lowest BCUT2D eigenvalue weighted by Crippen LogP contribution is -2.43. The van der Waals surface area contributed by atoms with Crippen LogP contribution in [0.25, 0.3) is 0 Å². The van der Waals surface area contributed by atoms with Crippen molar-refractivity contribution in [3.05, 3.63) is 23.3 Å². The van der Waals surface area contributed by atoms with E-state index in [1.807, 2.05) is 27.8 Å². The number of fused-ring (bicyclic) bond motifs is 1. The predicted octanol–water partition coefficient (Wildman–Crippen LogP) is 2.30. The van der Waals surface area contributed by atoms with Crippen LogP contribution in [0, 0.1) is 5.41 Å². The predicted molar refractivity (Wildman–Crippen MR) is 87.8 cm³/mol. The molecule has 0 saturated heterocycles. The second-order valence-corrected chi connectivity index (χ2v) is 6.69. The molecule has 5 nitrogen and oxygen atoms in total. The van der Waals surface area contributed by atoms with E-state index in [0.29, 0.717) is 12.1 Å². The molecule has 22 heavy (non-hydrogen) atoms. The van der Waals surface area contributed by atoms with E-state index in [9.17, 15) is 15.3 Å². The third kappa shape index (κ3) is 3.33. The Labute approximate surface area is 137 Å². The van der Waals surface area contributed by atoms with Gasteiger partial charge in [0.1, 0.15) is 0 Å². The number of aliphatic hydroxyl groups excluding tert-OH is 1. The molecule has 126 valence electrons. The van der Waals surface area contributed by atoms with Gasteiger partial charge in [-0.2, -0.15) is 0 Å². The average Bonchev–Trinajstić information content (AvgIpc) is 2.41. The van der Waals surface area contributed by atoms with Crippen LogP contribution in [0.5, 0.6) is 11.5 Å². The first-order valence-corrected chi connectivity index (χ1v) is 7.26. The molecule has 0 bridgehead atoms. The van der Waals surface area contributed by atoms with Crippen LogP contribution in [0.15, 0.2) is 12.1 Å². The quantitative estimate of drug-likeness (QED) is 0.639. The molecule has 1 aliphatic rings. The summed E-state index contributed by atoms with van der Waals surface area (Å²) in [5.74, 6) is -0.671. The van der Waals surface area contributed by atoms with Gasteiger partial charge in [-0.1, -0.05) is 26.8 Å². The van der Waals surface area contributed by atoms with Crippen molar-refractivity contribution in [1.82, 2.24) is 5.32 Å². The molecule has 3 atom stereocenters. The summed E-state index contributed by atoms with van der Waals surface area (Å²) in [6.45, 7) is 6.59. The van der Waals surface area contributed by atoms with Gasteiger partial charge >= 0.3 is 0 Å². The van der Waals surface area contributed by atoms with E-state index >= 15 is 0 Å². The molecule has 1 aromatic carbocycles. The maximum atomic E-state index is 10.3. The first-order chi connectivity index (χ1) is 9.81. The monoisotopic (exact) mass is 331 g/mol. The lowest BCUT2D eigenvalue weighted by atomic mass is 9.74. The Bertz CT molecular complexity index is 516. The highest BCUT2D eigenvalue weighted by atomic mass is 35.5. The Hall–Kier alpha value is -1.01. The standard InChI is InChI=1S/C16H25NO4.ClH/c1-16(2,3)15-10(8-18)13-9(12(21-15)7-17-4)5-6-11(19)14(13)20;/h5-6,10,12,15,17-20H,7-8H2,1-4H3;1H/t10-,12-,15-;/m0./s1. The van der Waals surface area contributed by atoms with Crippen LogP contribution >= 0.6 is 12.4 Å². The molecule has 1 aliphatic heterocycles. The first kappa shape index (κ1) is 19.0. The number of ether oxygens (including phenoxy) is 1. The van der Waals surface area contributed by atoms with Crippen molar-refractivity contribution in [3.63, 3.8) is 0 Å². The van der Waals surface area contributed by atoms with Gasteiger partial charge in [0.15, 0.2) is 11.5 Å². The zero-order valence-electron chi connectivity index (χ0n) is 13.5. The summed E-state index contributed by atoms with van der Waals surface area (Å²) in [6.07, 6.45) is -0.468. The summed E-state index contributed by atoms with van der Waals surface area (Å²) in [5, 5.41) is 33.0. The molecular weight excluding hydrogens is 306 g/mol. The molecule has 0 unspecified atom stereocenters. The van der Waals surface area contributed by atoms with Crippen LogP contribution < -0.4 is 5.32 Å². The highest BCUT2D eigenvalue weighted by molar-refractivity contribution is 5.85. The van der Waals surface area contributed by atoms with E-state index in [0.717, 1.165) is 5.56 Å². The Morgan fingerprint density at radius 3 is 2.36 bits per heavy atom. The van der Waals surface area contributed by atoms with Gasteiger partial charge in [0.05, 0.1) is 18.8 Å². The van der Waals surface area contributed by atoms with E-state index in [1.54, 1.807) is 6.07 Å². The van der Waals surface area contributed by atoms with Gasteiger partial charge < -0.3 is 25.4 Å². The number of hydrogen-bond acceptors (Lipinski definition) is 5. The van der Waals surface area contributed by atoms with E-state index in [2.05, 4.69) is 5.32 Å². The number of phenolic OH excluding ortho intramolecular Hbond substituents is 2. The molecule has 0 saturated carbocycles. The lowest BCUT2D eigenvalue weighted by molar-refractivity contribution is -0.101. The fourth-order valence-electron chi connectivity index (χ4n) is 3.12. The number of likely N-dealkylation sites (N-methyl/N-ethyl adjacent to an activating group) is 1. The van der Waals surface area contributed by atoms with E-state index in [1.165, 1.54) is 6.07 Å². The largest absolute Gasteiger partial charge is 0.504 e. The number of benzene rings is 1. The van der Waals surface area contributed by atoms with Gasteiger partial charge in [-0.05, 0) is 24.1 Å². The Kier molecular flexibility index (Phi) is 6.10. The second-order valence-electron chi connectivity index (χ2n) is 6.69. The van der Waals surface area contributed by atoms with Gasteiger partial charge in [-0.3, -0.25) is 0 Å². The summed E-state index contributed by atoms with van der Waals surface area (Å²) in [6, 6.07) is 3.22. The number of aromatic hydroxyl groups is 2. The van der Waals surface area contributed by atoms with Gasteiger partial charge in [0, 0.05) is 18.0 Å². The van der Waals surface area contributed by atoms with Crippen molar-refractivity contribution in [2.24, 2.45) is 5.41 Å². The van der Waals surface area contributed by atoms with Crippen molar-refractivity contribution in [2.45, 2.75) is 38.9 Å². The van der Waals surface area contributed by atoms with Gasteiger partial charge in [0.2, 0.25) is 0 Å². The van der Waals surface area contributed by atoms with Crippen LogP contribution in [-0.4, -0.2) is 41.6 Å². The molecule has 0 amide bonds. The van der Waals surface area contributed by atoms with Gasteiger partial charge in [-0.15, -0.1) is 12.4 Å². The normalized spacial score (nSPS) is 24.5. The molecule has 0 fully saturated rings. The average molecular weight is 332 g/mol. The minimum atomic E-state index is -0.361. The first-order valence-electron chi connectivity index (χ1n) is 7.26. The molecule has 6 heteroatoms. The fourth-order valence-corrected chi connectivity index (χ4v) is 3.12. The SMILES string of the molecule is CNC[C@@H]1O[C@H](C(C)(C)C)[C@@H](CO)c2c1ccc(O)c2O.Cl. The minimum absolute atomic E-state index is 0. The number of nitrogens with one attached hydrogen (secondary N) is 1. The van der Waals surface area contributed by atoms with Crippen molar-refractivity contribution in [1.29, 1.82) is 0 Å². The van der Waals surface area contributed by atoms with Crippen LogP contribution in [0.1, 0.15) is 43.9 Å². The molecule has 0 radical (unpaired) electrons. The molecule has 0 aromatic heterocycles. The van der Waals surface area contributed by atoms with Crippen molar-refractivity contribution in [2.75, 3.05) is 20.2 Å². The van der Waals surface area contributed by atoms with Gasteiger partial charge in [-0.25, -0.2) is 0 Å². The van der Waals surface area contributed by atoms with E-state index in [4.69, 9.17) is 4.74 Å². The Morgan fingerprint density at radius 1 is 1.23 bits per heavy atom. The summed E-state index contributed by atoms with van der Waals surface area (Å²) < 4.78 is 6.20. The smallest absolute Gasteiger partial charge is 0.161 e. The Morgan fingerprint density at radius 2 is 1.86 bits per heavy atom. The van der Waals surface area contributed by atoms with E-state index in [-0.39, 0.29) is 54.1 Å². The Balaban J connectivity index is 0.00000242. The summed E-state index contributed by atoms with van der Waals surface area (Å²) >= 11 is 0. The number of hydrogen-bond donors (Lipinski definition) is 4. The molecule has 0 spiro atoms. The molecule has 2 rings (SSSR count). The highest BCUT2D eigenvalue weighted by Gasteiger charge is 2.43. The second kappa shape index (κ2) is 7.04. The number of aliphatic hydroxyl groups is 1. The summed E-state index contributed by atoms with van der Waals surface area (Å²) in [5.41, 5.74) is 1.22. The van der Waals surface area contributed by atoms with Crippen molar-refractivity contribution in [3.8, 4) is 11.5 Å². The van der Waals surface area contributed by atoms with Crippen molar-refractivity contribution < 1.29 is 20.1 Å². The highest BCUT2D eigenvalue weighted by Crippen LogP contribution is 2.49. The van der Waals surface area contributed by atoms with Crippen LogP contribution in [0.2, 0.25) is 0 Å². The van der Waals surface area contributed by atoms with Crippen LogP contribution in [-0.2, 0) is 4.74 Å². The maximum absolute atomic E-state index is 10.3. The fraction of sp³-hybridized carbons (Fsp3) is 0.625.